The molecule has 0 aromatic rings. The fraction of sp³-hybridized carbons (Fsp3) is 0.593. The Bertz CT molecular complexity index is 1040. The number of fused-ring (bicyclic) bond motifs is 1. The lowest BCUT2D eigenvalue weighted by Gasteiger charge is -2.50. The van der Waals surface area contributed by atoms with Crippen LogP contribution in [0.25, 0.3) is 0 Å². The largest absolute Gasteiger partial charge is 0.507 e. The maximum absolute atomic E-state index is 13.2. The quantitative estimate of drug-likeness (QED) is 0.191. The monoisotopic (exact) mass is 472 g/mol. The van der Waals surface area contributed by atoms with Gasteiger partial charge in [-0.05, 0) is 72.1 Å². The number of carbonyl (C=O) groups excluding carboxylic acids is 2. The summed E-state index contributed by atoms with van der Waals surface area (Å²) in [4.78, 5) is 37.6. The van der Waals surface area contributed by atoms with Gasteiger partial charge in [-0.1, -0.05) is 24.6 Å². The van der Waals surface area contributed by atoms with Crippen LogP contribution in [0.2, 0.25) is 0 Å². The average Bonchev–Trinajstić information content (AvgIpc) is 3.07. The summed E-state index contributed by atoms with van der Waals surface area (Å²) < 4.78 is 0. The number of aliphatic carboxylic acids is 1. The normalized spacial score (nSPS) is 33.7. The van der Waals surface area contributed by atoms with E-state index in [2.05, 4.69) is 0 Å². The second-order valence-electron chi connectivity index (χ2n) is 10.7. The van der Waals surface area contributed by atoms with Crippen molar-refractivity contribution in [3.8, 4) is 0 Å². The Morgan fingerprint density at radius 1 is 1.12 bits per heavy atom. The zero-order valence-electron chi connectivity index (χ0n) is 20.6. The molecule has 0 aromatic carbocycles. The molecule has 0 aliphatic heterocycles. The fourth-order valence-corrected chi connectivity index (χ4v) is 6.23. The van der Waals surface area contributed by atoms with Crippen molar-refractivity contribution in [2.45, 2.75) is 84.8 Å². The molecule has 5 atom stereocenters. The van der Waals surface area contributed by atoms with Crippen LogP contribution in [0, 0.1) is 17.3 Å². The molecule has 0 amide bonds. The predicted octanol–water partition coefficient (Wildman–Crippen LogP) is 3.96. The molecule has 1 saturated carbocycles. The van der Waals surface area contributed by atoms with E-state index < -0.39 is 40.6 Å². The first kappa shape index (κ1) is 26.1. The molecule has 0 heterocycles. The average molecular weight is 473 g/mol. The van der Waals surface area contributed by atoms with Gasteiger partial charge in [0.1, 0.15) is 5.76 Å². The third-order valence-electron chi connectivity index (χ3n) is 8.09. The molecule has 4 N–H and O–H groups in total. The Kier molecular flexibility index (Phi) is 7.11. The first-order chi connectivity index (χ1) is 15.7. The molecule has 0 bridgehead atoms. The lowest BCUT2D eigenvalue weighted by atomic mass is 9.54. The van der Waals surface area contributed by atoms with Crippen LogP contribution in [0.4, 0.5) is 0 Å². The summed E-state index contributed by atoms with van der Waals surface area (Å²) in [6, 6.07) is 0. The minimum atomic E-state index is -1.27. The number of aliphatic hydroxyl groups excluding tert-OH is 2. The van der Waals surface area contributed by atoms with Gasteiger partial charge in [-0.15, -0.1) is 0 Å². The molecule has 34 heavy (non-hydrogen) atoms. The van der Waals surface area contributed by atoms with Gasteiger partial charge in [0.25, 0.3) is 0 Å². The van der Waals surface area contributed by atoms with E-state index in [1.54, 1.807) is 13.0 Å². The molecule has 3 aliphatic carbocycles. The maximum Gasteiger partial charge on any atom is 0.331 e. The van der Waals surface area contributed by atoms with Gasteiger partial charge in [-0.2, -0.15) is 0 Å². The molecule has 0 saturated heterocycles. The van der Waals surface area contributed by atoms with Crippen LogP contribution in [-0.4, -0.2) is 49.7 Å². The SMILES string of the molecule is CC(C)=CCC/C(=C/CCC1(C)C2=C(C(O)=C(C)C(=O)C2=O)[C@H](O)[C@H]2[C@H]1CCC2(C)O)C(=O)O. The zero-order valence-corrected chi connectivity index (χ0v) is 20.6. The molecule has 7 nitrogen and oxygen atoms in total. The van der Waals surface area contributed by atoms with Crippen molar-refractivity contribution >= 4 is 17.5 Å². The summed E-state index contributed by atoms with van der Waals surface area (Å²) in [5.74, 6) is -3.82. The van der Waals surface area contributed by atoms with Crippen LogP contribution < -0.4 is 0 Å². The third kappa shape index (κ3) is 4.31. The number of ketones is 2. The van der Waals surface area contributed by atoms with Crippen molar-refractivity contribution in [3.63, 3.8) is 0 Å². The van der Waals surface area contributed by atoms with E-state index in [4.69, 9.17) is 0 Å². The van der Waals surface area contributed by atoms with Gasteiger partial charge in [-0.25, -0.2) is 4.79 Å². The molecule has 186 valence electrons. The van der Waals surface area contributed by atoms with Crippen molar-refractivity contribution in [2.24, 2.45) is 17.3 Å². The molecule has 7 heteroatoms. The molecule has 0 radical (unpaired) electrons. The summed E-state index contributed by atoms with van der Waals surface area (Å²) in [5.41, 5.74) is -0.670. The first-order valence-corrected chi connectivity index (χ1v) is 11.9. The van der Waals surface area contributed by atoms with E-state index >= 15 is 0 Å². The second-order valence-corrected chi connectivity index (χ2v) is 10.7. The molecular formula is C27H36O7. The van der Waals surface area contributed by atoms with Crippen LogP contribution in [0.1, 0.15) is 73.1 Å². The second kappa shape index (κ2) is 9.27. The number of aliphatic hydroxyl groups is 3. The number of allylic oxidation sites excluding steroid dienone is 5. The summed E-state index contributed by atoms with van der Waals surface area (Å²) >= 11 is 0. The van der Waals surface area contributed by atoms with Gasteiger partial charge >= 0.3 is 5.97 Å². The number of hydrogen-bond acceptors (Lipinski definition) is 6. The molecule has 1 fully saturated rings. The van der Waals surface area contributed by atoms with Crippen LogP contribution in [0.15, 0.2) is 45.8 Å². The van der Waals surface area contributed by atoms with E-state index in [0.29, 0.717) is 38.5 Å². The van der Waals surface area contributed by atoms with E-state index in [9.17, 15) is 34.8 Å². The van der Waals surface area contributed by atoms with Crippen molar-refractivity contribution < 1.29 is 34.8 Å². The topological polar surface area (TPSA) is 132 Å². The Balaban J connectivity index is 2.03. The van der Waals surface area contributed by atoms with Crippen LogP contribution in [0.3, 0.4) is 0 Å². The van der Waals surface area contributed by atoms with E-state index in [-0.39, 0.29) is 34.0 Å². The van der Waals surface area contributed by atoms with Gasteiger partial charge in [0.05, 0.1) is 11.7 Å². The molecular weight excluding hydrogens is 436 g/mol. The van der Waals surface area contributed by atoms with Gasteiger partial charge in [-0.3, -0.25) is 9.59 Å². The zero-order chi connectivity index (χ0) is 25.6. The van der Waals surface area contributed by atoms with Crippen molar-refractivity contribution in [1.29, 1.82) is 0 Å². The summed E-state index contributed by atoms with van der Waals surface area (Å²) in [5, 5.41) is 42.7. The van der Waals surface area contributed by atoms with E-state index in [0.717, 1.165) is 5.57 Å². The number of rotatable bonds is 7. The van der Waals surface area contributed by atoms with Crippen molar-refractivity contribution in [1.82, 2.24) is 0 Å². The predicted molar refractivity (Wildman–Crippen MR) is 127 cm³/mol. The number of carbonyl (C=O) groups is 3. The highest BCUT2D eigenvalue weighted by Gasteiger charge is 2.62. The summed E-state index contributed by atoms with van der Waals surface area (Å²) in [6.45, 7) is 8.76. The van der Waals surface area contributed by atoms with E-state index in [1.807, 2.05) is 26.8 Å². The Morgan fingerprint density at radius 3 is 2.35 bits per heavy atom. The smallest absolute Gasteiger partial charge is 0.331 e. The minimum absolute atomic E-state index is 0.0408. The standard InChI is InChI=1S/C27H36O7/c1-14(2)8-6-9-16(25(32)33)10-7-12-26(4)17-11-13-27(5,34)19(17)23(30)18-20(26)24(31)22(29)15(3)21(18)28/h8,10,17,19,23,28,30,34H,6-7,9,11-13H2,1-5H3,(H,32,33)/b16-10-/t17-,19-,23+,26?,27?/m1/s1. The van der Waals surface area contributed by atoms with Crippen LogP contribution in [-0.2, 0) is 14.4 Å². The fourth-order valence-electron chi connectivity index (χ4n) is 6.23. The Hall–Kier alpha value is -2.51. The van der Waals surface area contributed by atoms with Crippen LogP contribution in [0.5, 0.6) is 0 Å². The van der Waals surface area contributed by atoms with Gasteiger partial charge in [0.15, 0.2) is 0 Å². The lowest BCUT2D eigenvalue weighted by molar-refractivity contribution is -0.135. The highest BCUT2D eigenvalue weighted by Crippen LogP contribution is 2.61. The Morgan fingerprint density at radius 2 is 1.76 bits per heavy atom. The van der Waals surface area contributed by atoms with Gasteiger partial charge < -0.3 is 20.4 Å². The first-order valence-electron chi connectivity index (χ1n) is 11.9. The van der Waals surface area contributed by atoms with Crippen molar-refractivity contribution in [2.75, 3.05) is 0 Å². The molecule has 0 spiro atoms. The molecule has 3 rings (SSSR count). The van der Waals surface area contributed by atoms with Gasteiger partial charge in [0.2, 0.25) is 11.6 Å². The number of Topliss-reactive ketones (excluding diaryl/α,β-unsaturated/α-hetero) is 2. The van der Waals surface area contributed by atoms with Crippen molar-refractivity contribution in [3.05, 3.63) is 45.8 Å². The van der Waals surface area contributed by atoms with Crippen LogP contribution >= 0.6 is 0 Å². The third-order valence-corrected chi connectivity index (χ3v) is 8.09. The molecule has 0 aromatic heterocycles. The summed E-state index contributed by atoms with van der Waals surface area (Å²) in [6.07, 6.45) is 5.01. The molecule has 2 unspecified atom stereocenters. The Labute approximate surface area is 200 Å². The minimum Gasteiger partial charge on any atom is -0.507 e. The molecule has 3 aliphatic rings. The highest BCUT2D eigenvalue weighted by molar-refractivity contribution is 6.50. The van der Waals surface area contributed by atoms with Gasteiger partial charge in [0, 0.05) is 33.6 Å². The summed E-state index contributed by atoms with van der Waals surface area (Å²) in [7, 11) is 0. The number of carboxylic acid groups (broad SMARTS) is 1. The number of carboxylic acids is 1. The van der Waals surface area contributed by atoms with E-state index in [1.165, 1.54) is 6.92 Å². The number of hydrogen-bond donors (Lipinski definition) is 4. The maximum atomic E-state index is 13.2. The lowest BCUT2D eigenvalue weighted by Crippen LogP contribution is -2.53. The highest BCUT2D eigenvalue weighted by atomic mass is 16.4.